The van der Waals surface area contributed by atoms with Crippen molar-refractivity contribution in [3.05, 3.63) is 108 Å². The molecule has 0 aromatic heterocycles. The summed E-state index contributed by atoms with van der Waals surface area (Å²) < 4.78 is 5.40. The van der Waals surface area contributed by atoms with Crippen LogP contribution in [0.15, 0.2) is 97.1 Å². The minimum atomic E-state index is -0.909. The molecular weight excluding hydrogens is 386 g/mol. The SMILES string of the molecule is COc1cccc([C@@H]2[C@H]([C@H](O)c3ccc4ccccc4c3)C(=O)N2c2ccccc2)c1. The molecule has 3 atom stereocenters. The molecule has 154 valence electrons. The van der Waals surface area contributed by atoms with E-state index in [0.717, 1.165) is 33.3 Å². The summed E-state index contributed by atoms with van der Waals surface area (Å²) in [5, 5.41) is 13.5. The molecule has 0 bridgehead atoms. The number of hydrogen-bond donors (Lipinski definition) is 1. The van der Waals surface area contributed by atoms with Gasteiger partial charge < -0.3 is 14.7 Å². The summed E-state index contributed by atoms with van der Waals surface area (Å²) in [7, 11) is 1.63. The summed E-state index contributed by atoms with van der Waals surface area (Å²) >= 11 is 0. The van der Waals surface area contributed by atoms with Gasteiger partial charge in [-0.3, -0.25) is 4.79 Å². The number of anilines is 1. The van der Waals surface area contributed by atoms with E-state index < -0.39 is 12.0 Å². The van der Waals surface area contributed by atoms with Crippen LogP contribution in [0.5, 0.6) is 5.75 Å². The maximum Gasteiger partial charge on any atom is 0.236 e. The Hall–Kier alpha value is -3.63. The molecule has 0 saturated carbocycles. The van der Waals surface area contributed by atoms with Gasteiger partial charge in [0.2, 0.25) is 5.91 Å². The molecule has 0 unspecified atom stereocenters. The molecule has 4 aromatic rings. The van der Waals surface area contributed by atoms with Crippen molar-refractivity contribution >= 4 is 22.4 Å². The van der Waals surface area contributed by atoms with Gasteiger partial charge >= 0.3 is 0 Å². The normalized spacial score (nSPS) is 19.2. The number of amides is 1. The third-order valence-corrected chi connectivity index (χ3v) is 6.07. The van der Waals surface area contributed by atoms with E-state index in [9.17, 15) is 9.90 Å². The van der Waals surface area contributed by atoms with Gasteiger partial charge in [0.05, 0.1) is 25.2 Å². The summed E-state index contributed by atoms with van der Waals surface area (Å²) in [5.41, 5.74) is 2.51. The molecule has 0 radical (unpaired) electrons. The number of fused-ring (bicyclic) bond motifs is 1. The number of carbonyl (C=O) groups is 1. The molecule has 0 aliphatic carbocycles. The predicted octanol–water partition coefficient (Wildman–Crippen LogP) is 5.29. The average Bonchev–Trinajstić information content (AvgIpc) is 2.82. The Morgan fingerprint density at radius 3 is 2.35 bits per heavy atom. The van der Waals surface area contributed by atoms with Gasteiger partial charge in [-0.2, -0.15) is 0 Å². The van der Waals surface area contributed by atoms with Crippen molar-refractivity contribution in [2.45, 2.75) is 12.1 Å². The number of β-lactam (4-membered cyclic amide) rings is 1. The predicted molar refractivity (Wildman–Crippen MR) is 122 cm³/mol. The minimum Gasteiger partial charge on any atom is -0.497 e. The van der Waals surface area contributed by atoms with Crippen LogP contribution in [0.1, 0.15) is 23.3 Å². The lowest BCUT2D eigenvalue weighted by Gasteiger charge is -2.49. The number of ether oxygens (including phenoxy) is 1. The first-order valence-electron chi connectivity index (χ1n) is 10.4. The van der Waals surface area contributed by atoms with Crippen LogP contribution in [0.3, 0.4) is 0 Å². The van der Waals surface area contributed by atoms with E-state index in [1.807, 2.05) is 97.1 Å². The van der Waals surface area contributed by atoms with Crippen molar-refractivity contribution in [3.8, 4) is 5.75 Å². The highest BCUT2D eigenvalue weighted by atomic mass is 16.5. The van der Waals surface area contributed by atoms with Gasteiger partial charge in [0, 0.05) is 5.69 Å². The zero-order valence-corrected chi connectivity index (χ0v) is 17.2. The summed E-state index contributed by atoms with van der Waals surface area (Å²) in [6.07, 6.45) is -0.909. The molecule has 1 aliphatic rings. The van der Waals surface area contributed by atoms with Crippen molar-refractivity contribution in [3.63, 3.8) is 0 Å². The van der Waals surface area contributed by atoms with Crippen LogP contribution in [-0.2, 0) is 4.79 Å². The van der Waals surface area contributed by atoms with Crippen LogP contribution in [0.4, 0.5) is 5.69 Å². The standard InChI is InChI=1S/C27H23NO3/c1-31-23-13-7-10-20(17-23)25-24(27(30)28(25)22-11-3-2-4-12-22)26(29)21-15-14-18-8-5-6-9-19(18)16-21/h2-17,24-26,29H,1H3/t24-,25-,26-/m1/s1. The second-order valence-corrected chi connectivity index (χ2v) is 7.84. The first-order valence-corrected chi connectivity index (χ1v) is 10.4. The van der Waals surface area contributed by atoms with Crippen LogP contribution < -0.4 is 9.64 Å². The maximum absolute atomic E-state index is 13.3. The third kappa shape index (κ3) is 3.35. The van der Waals surface area contributed by atoms with Gasteiger partial charge in [0.1, 0.15) is 5.75 Å². The molecule has 0 spiro atoms. The molecule has 31 heavy (non-hydrogen) atoms. The van der Waals surface area contributed by atoms with E-state index in [0.29, 0.717) is 0 Å². The zero-order valence-electron chi connectivity index (χ0n) is 17.2. The van der Waals surface area contributed by atoms with Crippen molar-refractivity contribution in [2.75, 3.05) is 12.0 Å². The fourth-order valence-corrected chi connectivity index (χ4v) is 4.48. The van der Waals surface area contributed by atoms with Crippen molar-refractivity contribution in [1.29, 1.82) is 0 Å². The molecule has 5 rings (SSSR count). The third-order valence-electron chi connectivity index (χ3n) is 6.07. The Morgan fingerprint density at radius 1 is 0.839 bits per heavy atom. The smallest absolute Gasteiger partial charge is 0.236 e. The number of benzene rings is 4. The van der Waals surface area contributed by atoms with E-state index in [2.05, 4.69) is 0 Å². The van der Waals surface area contributed by atoms with E-state index >= 15 is 0 Å². The molecule has 1 fully saturated rings. The molecule has 4 nitrogen and oxygen atoms in total. The van der Waals surface area contributed by atoms with Crippen LogP contribution in [-0.4, -0.2) is 18.1 Å². The van der Waals surface area contributed by atoms with Crippen molar-refractivity contribution < 1.29 is 14.6 Å². The largest absolute Gasteiger partial charge is 0.497 e. The van der Waals surface area contributed by atoms with E-state index in [-0.39, 0.29) is 11.9 Å². The monoisotopic (exact) mass is 409 g/mol. The van der Waals surface area contributed by atoms with Crippen molar-refractivity contribution in [2.24, 2.45) is 5.92 Å². The summed E-state index contributed by atoms with van der Waals surface area (Å²) in [5.74, 6) is 0.0666. The van der Waals surface area contributed by atoms with E-state index in [1.165, 1.54) is 0 Å². The number of para-hydroxylation sites is 1. The fourth-order valence-electron chi connectivity index (χ4n) is 4.48. The van der Waals surface area contributed by atoms with E-state index in [1.54, 1.807) is 12.0 Å². The van der Waals surface area contributed by atoms with Crippen LogP contribution >= 0.6 is 0 Å². The average molecular weight is 409 g/mol. The number of hydrogen-bond acceptors (Lipinski definition) is 3. The maximum atomic E-state index is 13.3. The first-order chi connectivity index (χ1) is 15.2. The quantitative estimate of drug-likeness (QED) is 0.456. The molecule has 1 amide bonds. The van der Waals surface area contributed by atoms with Crippen LogP contribution in [0, 0.1) is 5.92 Å². The lowest BCUT2D eigenvalue weighted by atomic mass is 9.76. The number of rotatable bonds is 5. The Morgan fingerprint density at radius 2 is 1.58 bits per heavy atom. The highest BCUT2D eigenvalue weighted by molar-refractivity contribution is 6.03. The lowest BCUT2D eigenvalue weighted by Crippen LogP contribution is -2.57. The Bertz CT molecular complexity index is 1240. The second-order valence-electron chi connectivity index (χ2n) is 7.84. The molecule has 4 heteroatoms. The summed E-state index contributed by atoms with van der Waals surface area (Å²) in [6, 6.07) is 30.9. The van der Waals surface area contributed by atoms with Gasteiger partial charge in [-0.15, -0.1) is 0 Å². The highest BCUT2D eigenvalue weighted by Gasteiger charge is 2.52. The Kier molecular flexibility index (Phi) is 4.92. The molecule has 1 N–H and O–H groups in total. The molecule has 1 heterocycles. The number of carbonyl (C=O) groups excluding carboxylic acids is 1. The first kappa shape index (κ1) is 19.3. The molecule has 4 aromatic carbocycles. The van der Waals surface area contributed by atoms with Gasteiger partial charge in [-0.05, 0) is 52.2 Å². The Balaban J connectivity index is 1.56. The summed E-state index contributed by atoms with van der Waals surface area (Å²) in [6.45, 7) is 0. The van der Waals surface area contributed by atoms with Gasteiger partial charge in [-0.1, -0.05) is 66.7 Å². The zero-order chi connectivity index (χ0) is 21.4. The number of aliphatic hydroxyl groups excluding tert-OH is 1. The number of nitrogens with zero attached hydrogens (tertiary/aromatic N) is 1. The molecule has 1 saturated heterocycles. The van der Waals surface area contributed by atoms with Gasteiger partial charge in [0.25, 0.3) is 0 Å². The van der Waals surface area contributed by atoms with Crippen molar-refractivity contribution in [1.82, 2.24) is 0 Å². The highest BCUT2D eigenvalue weighted by Crippen LogP contribution is 2.49. The second kappa shape index (κ2) is 7.89. The lowest BCUT2D eigenvalue weighted by molar-refractivity contribution is -0.136. The van der Waals surface area contributed by atoms with E-state index in [4.69, 9.17) is 4.74 Å². The summed E-state index contributed by atoms with van der Waals surface area (Å²) in [4.78, 5) is 15.1. The van der Waals surface area contributed by atoms with Crippen LogP contribution in [0.25, 0.3) is 10.8 Å². The van der Waals surface area contributed by atoms with Gasteiger partial charge in [0.15, 0.2) is 0 Å². The number of aliphatic hydroxyl groups is 1. The number of methoxy groups -OCH3 is 1. The topological polar surface area (TPSA) is 49.8 Å². The fraction of sp³-hybridized carbons (Fsp3) is 0.148. The molecule has 1 aliphatic heterocycles. The Labute approximate surface area is 181 Å². The van der Waals surface area contributed by atoms with Crippen LogP contribution in [0.2, 0.25) is 0 Å². The molecular formula is C27H23NO3. The minimum absolute atomic E-state index is 0.0836. The van der Waals surface area contributed by atoms with Gasteiger partial charge in [-0.25, -0.2) is 0 Å².